The lowest BCUT2D eigenvalue weighted by molar-refractivity contribution is -0.154. The highest BCUT2D eigenvalue weighted by Crippen LogP contribution is 2.52. The fraction of sp³-hybridized carbons (Fsp3) is 0.280. The van der Waals surface area contributed by atoms with E-state index in [2.05, 4.69) is 0 Å². The zero-order valence-electron chi connectivity index (χ0n) is 17.8. The van der Waals surface area contributed by atoms with Gasteiger partial charge in [-0.05, 0) is 66.8 Å². The van der Waals surface area contributed by atoms with Gasteiger partial charge >= 0.3 is 0 Å². The molecule has 168 valence electrons. The van der Waals surface area contributed by atoms with Crippen LogP contribution in [-0.4, -0.2) is 47.2 Å². The van der Waals surface area contributed by atoms with Crippen molar-refractivity contribution < 1.29 is 23.9 Å². The number of hydrazine groups is 1. The van der Waals surface area contributed by atoms with Crippen molar-refractivity contribution >= 4 is 35.1 Å². The number of Topliss-reactive ketones (excluding diaryl/α,β-unsaturated/α-hetero) is 1. The van der Waals surface area contributed by atoms with Gasteiger partial charge in [-0.3, -0.25) is 19.2 Å². The number of ketones is 1. The summed E-state index contributed by atoms with van der Waals surface area (Å²) >= 11 is 5.95. The van der Waals surface area contributed by atoms with Crippen molar-refractivity contribution in [2.45, 2.75) is 6.42 Å². The molecule has 0 unspecified atom stereocenters. The van der Waals surface area contributed by atoms with E-state index >= 15 is 0 Å². The van der Waals surface area contributed by atoms with Crippen molar-refractivity contribution in [3.05, 3.63) is 76.8 Å². The van der Waals surface area contributed by atoms with E-state index in [1.165, 1.54) is 19.2 Å². The number of allylic oxidation sites excluding steroid dienone is 2. The molecule has 33 heavy (non-hydrogen) atoms. The summed E-state index contributed by atoms with van der Waals surface area (Å²) in [4.78, 5) is 53.2. The van der Waals surface area contributed by atoms with Gasteiger partial charge in [0.25, 0.3) is 17.7 Å². The molecule has 7 nitrogen and oxygen atoms in total. The third-order valence-corrected chi connectivity index (χ3v) is 6.97. The Morgan fingerprint density at radius 3 is 2.03 bits per heavy atom. The van der Waals surface area contributed by atoms with Crippen molar-refractivity contribution in [2.75, 3.05) is 13.7 Å². The largest absolute Gasteiger partial charge is 0.497 e. The molecule has 8 heteroatoms. The molecule has 2 fully saturated rings. The van der Waals surface area contributed by atoms with E-state index in [1.807, 2.05) is 12.2 Å². The number of carbonyl (C=O) groups excluding carboxylic acids is 4. The second-order valence-electron chi connectivity index (χ2n) is 8.51. The summed E-state index contributed by atoms with van der Waals surface area (Å²) in [6.45, 7) is -0.451. The number of benzene rings is 2. The van der Waals surface area contributed by atoms with Crippen LogP contribution < -0.4 is 4.74 Å². The summed E-state index contributed by atoms with van der Waals surface area (Å²) in [5, 5.41) is 2.33. The Bertz CT molecular complexity index is 1140. The molecule has 1 aliphatic heterocycles. The molecule has 2 bridgehead atoms. The molecule has 5 rings (SSSR count). The van der Waals surface area contributed by atoms with Gasteiger partial charge in [-0.15, -0.1) is 0 Å². The van der Waals surface area contributed by atoms with Gasteiger partial charge in [0, 0.05) is 16.1 Å². The summed E-state index contributed by atoms with van der Waals surface area (Å²) in [6.07, 6.45) is 4.74. The van der Waals surface area contributed by atoms with Gasteiger partial charge in [-0.1, -0.05) is 23.8 Å². The summed E-state index contributed by atoms with van der Waals surface area (Å²) < 4.78 is 5.12. The summed E-state index contributed by atoms with van der Waals surface area (Å²) in [5.74, 6) is -2.26. The fourth-order valence-electron chi connectivity index (χ4n) is 5.10. The van der Waals surface area contributed by atoms with Crippen LogP contribution in [0.25, 0.3) is 0 Å². The highest BCUT2D eigenvalue weighted by atomic mass is 35.5. The van der Waals surface area contributed by atoms with Crippen LogP contribution in [0.1, 0.15) is 27.1 Å². The third kappa shape index (κ3) is 3.53. The van der Waals surface area contributed by atoms with Crippen molar-refractivity contribution in [2.24, 2.45) is 23.7 Å². The molecule has 1 heterocycles. The Morgan fingerprint density at radius 2 is 1.48 bits per heavy atom. The molecule has 0 spiro atoms. The average Bonchev–Trinajstić information content (AvgIpc) is 3.51. The standard InChI is InChI=1S/C25H21ClN2O5/c1-33-19-10-6-14(7-11-19)20(29)13-27(23(30)15-4-8-18(26)9-5-15)28-24(31)21-16-2-3-17(12-16)22(21)25(28)32/h2-11,16-17,21-22H,12-13H2,1H3/t16-,17-,21-,22+/m0/s1. The molecule has 0 radical (unpaired) electrons. The number of ether oxygens (including phenoxy) is 1. The number of fused-ring (bicyclic) bond motifs is 5. The van der Waals surface area contributed by atoms with Gasteiger partial charge in [-0.2, -0.15) is 5.01 Å². The Labute approximate surface area is 195 Å². The minimum atomic E-state index is -0.615. The fourth-order valence-corrected chi connectivity index (χ4v) is 5.23. The topological polar surface area (TPSA) is 84.0 Å². The Hall–Kier alpha value is -3.45. The number of methoxy groups -OCH3 is 1. The van der Waals surface area contributed by atoms with Crippen LogP contribution in [0.5, 0.6) is 5.75 Å². The first kappa shape index (κ1) is 21.4. The number of imide groups is 1. The van der Waals surface area contributed by atoms with E-state index in [0.717, 1.165) is 16.4 Å². The van der Waals surface area contributed by atoms with Gasteiger partial charge in [0.15, 0.2) is 5.78 Å². The molecule has 3 aliphatic rings. The molecule has 0 N–H and O–H groups in total. The van der Waals surface area contributed by atoms with E-state index in [4.69, 9.17) is 16.3 Å². The quantitative estimate of drug-likeness (QED) is 0.371. The molecule has 2 aromatic carbocycles. The smallest absolute Gasteiger partial charge is 0.273 e. The molecule has 1 saturated heterocycles. The van der Waals surface area contributed by atoms with Gasteiger partial charge in [0.1, 0.15) is 12.3 Å². The van der Waals surface area contributed by atoms with Gasteiger partial charge in [-0.25, -0.2) is 5.01 Å². The number of amides is 3. The Morgan fingerprint density at radius 1 is 0.939 bits per heavy atom. The lowest BCUT2D eigenvalue weighted by atomic mass is 9.85. The molecular weight excluding hydrogens is 444 g/mol. The number of halogens is 1. The second-order valence-corrected chi connectivity index (χ2v) is 8.95. The maximum Gasteiger partial charge on any atom is 0.273 e. The molecule has 3 amide bonds. The van der Waals surface area contributed by atoms with Crippen molar-refractivity contribution in [1.29, 1.82) is 0 Å². The third-order valence-electron chi connectivity index (χ3n) is 6.72. The van der Waals surface area contributed by atoms with E-state index in [9.17, 15) is 19.2 Å². The van der Waals surface area contributed by atoms with E-state index < -0.39 is 41.9 Å². The summed E-state index contributed by atoms with van der Waals surface area (Å²) in [6, 6.07) is 12.5. The first-order valence-corrected chi connectivity index (χ1v) is 11.1. The van der Waals surface area contributed by atoms with Crippen LogP contribution in [0.3, 0.4) is 0 Å². The average molecular weight is 465 g/mol. The predicted molar refractivity (Wildman–Crippen MR) is 119 cm³/mol. The van der Waals surface area contributed by atoms with Crippen LogP contribution in [0.2, 0.25) is 5.02 Å². The molecule has 0 aromatic heterocycles. The minimum Gasteiger partial charge on any atom is -0.497 e. The molecule has 4 atom stereocenters. The van der Waals surface area contributed by atoms with Crippen molar-refractivity contribution in [3.8, 4) is 5.75 Å². The van der Waals surface area contributed by atoms with Gasteiger partial charge in [0.2, 0.25) is 0 Å². The summed E-state index contributed by atoms with van der Waals surface area (Å²) in [7, 11) is 1.52. The van der Waals surface area contributed by atoms with E-state index in [1.54, 1.807) is 36.4 Å². The van der Waals surface area contributed by atoms with Crippen LogP contribution in [0.4, 0.5) is 0 Å². The predicted octanol–water partition coefficient (Wildman–Crippen LogP) is 3.40. The Kier molecular flexibility index (Phi) is 5.29. The molecular formula is C25H21ClN2O5. The van der Waals surface area contributed by atoms with Crippen LogP contribution in [0, 0.1) is 23.7 Å². The van der Waals surface area contributed by atoms with Gasteiger partial charge in [0.05, 0.1) is 18.9 Å². The number of hydrogen-bond donors (Lipinski definition) is 0. The minimum absolute atomic E-state index is 0.00813. The molecule has 1 saturated carbocycles. The number of nitrogens with zero attached hydrogens (tertiary/aromatic N) is 2. The number of hydrogen-bond acceptors (Lipinski definition) is 5. The first-order valence-electron chi connectivity index (χ1n) is 10.7. The van der Waals surface area contributed by atoms with Gasteiger partial charge < -0.3 is 4.74 Å². The zero-order valence-corrected chi connectivity index (χ0v) is 18.6. The van der Waals surface area contributed by atoms with Crippen LogP contribution in [0.15, 0.2) is 60.7 Å². The maximum atomic E-state index is 13.4. The molecule has 2 aliphatic carbocycles. The van der Waals surface area contributed by atoms with E-state index in [-0.39, 0.29) is 17.4 Å². The van der Waals surface area contributed by atoms with Crippen molar-refractivity contribution in [3.63, 3.8) is 0 Å². The lowest BCUT2D eigenvalue weighted by Crippen LogP contribution is -2.52. The Balaban J connectivity index is 1.48. The zero-order chi connectivity index (χ0) is 23.3. The number of rotatable bonds is 6. The van der Waals surface area contributed by atoms with Crippen LogP contribution in [-0.2, 0) is 9.59 Å². The second kappa shape index (κ2) is 8.15. The lowest BCUT2D eigenvalue weighted by Gasteiger charge is -2.30. The number of carbonyl (C=O) groups is 4. The normalized spacial score (nSPS) is 24.8. The maximum absolute atomic E-state index is 13.4. The summed E-state index contributed by atoms with van der Waals surface area (Å²) in [5.41, 5.74) is 0.561. The van der Waals surface area contributed by atoms with Crippen molar-refractivity contribution in [1.82, 2.24) is 10.0 Å². The monoisotopic (exact) mass is 464 g/mol. The van der Waals surface area contributed by atoms with Crippen LogP contribution >= 0.6 is 11.6 Å². The highest BCUT2D eigenvalue weighted by molar-refractivity contribution is 6.30. The first-order chi connectivity index (χ1) is 15.9. The van der Waals surface area contributed by atoms with E-state index in [0.29, 0.717) is 16.3 Å². The SMILES string of the molecule is COc1ccc(C(=O)CN(C(=O)c2ccc(Cl)cc2)N2C(=O)[C@@H]3[C@H](C2=O)[C@H]2C=C[C@H]3C2)cc1. The highest BCUT2D eigenvalue weighted by Gasteiger charge is 2.61. The molecule has 2 aromatic rings.